The van der Waals surface area contributed by atoms with Crippen molar-refractivity contribution in [2.24, 2.45) is 0 Å². The van der Waals surface area contributed by atoms with E-state index in [1.807, 2.05) is 30.3 Å². The van der Waals surface area contributed by atoms with E-state index in [0.29, 0.717) is 12.1 Å². The summed E-state index contributed by atoms with van der Waals surface area (Å²) in [7, 11) is 0. The number of nitrogens with one attached hydrogen (secondary N) is 1. The zero-order chi connectivity index (χ0) is 18.8. The summed E-state index contributed by atoms with van der Waals surface area (Å²) in [6.45, 7) is 0.693. The molecule has 27 heavy (non-hydrogen) atoms. The zero-order valence-corrected chi connectivity index (χ0v) is 14.5. The molecule has 0 spiro atoms. The number of nitrogen functional groups attached to an aromatic ring is 1. The number of carbonyl (C=O) groups is 1. The van der Waals surface area contributed by atoms with Crippen LogP contribution in [0.15, 0.2) is 60.9 Å². The molecule has 134 valence electrons. The minimum Gasteiger partial charge on any atom is -0.478 e. The number of carboxylic acids is 1. The average molecular weight is 358 g/mol. The topological polar surface area (TPSA) is 101 Å². The molecule has 0 bridgehead atoms. The predicted octanol–water partition coefficient (Wildman–Crippen LogP) is 3.72. The third-order valence-corrected chi connectivity index (χ3v) is 4.53. The summed E-state index contributed by atoms with van der Waals surface area (Å²) >= 11 is 0. The van der Waals surface area contributed by atoms with Gasteiger partial charge >= 0.3 is 5.97 Å². The van der Waals surface area contributed by atoms with Gasteiger partial charge in [-0.3, -0.25) is 4.98 Å². The second-order valence-electron chi connectivity index (χ2n) is 6.34. The van der Waals surface area contributed by atoms with Crippen LogP contribution < -0.4 is 11.1 Å². The van der Waals surface area contributed by atoms with Gasteiger partial charge in [-0.05, 0) is 42.3 Å². The molecule has 0 fully saturated rings. The Morgan fingerprint density at radius 2 is 1.85 bits per heavy atom. The molecule has 4 rings (SSSR count). The van der Waals surface area contributed by atoms with Crippen molar-refractivity contribution in [3.63, 3.8) is 0 Å². The highest BCUT2D eigenvalue weighted by molar-refractivity contribution is 6.10. The van der Waals surface area contributed by atoms with Crippen molar-refractivity contribution in [2.75, 3.05) is 17.6 Å². The quantitative estimate of drug-likeness (QED) is 0.371. The Hall–Kier alpha value is -3.67. The number of aromatic carboxylic acids is 1. The molecule has 4 aromatic rings. The van der Waals surface area contributed by atoms with Gasteiger partial charge < -0.3 is 16.2 Å². The van der Waals surface area contributed by atoms with Crippen LogP contribution in [0.4, 0.5) is 11.5 Å². The Labute approximate surface area is 155 Å². The lowest BCUT2D eigenvalue weighted by Gasteiger charge is -2.12. The van der Waals surface area contributed by atoms with Crippen molar-refractivity contribution in [1.82, 2.24) is 9.97 Å². The highest BCUT2D eigenvalue weighted by Gasteiger charge is 2.11. The Balaban J connectivity index is 1.69. The zero-order valence-electron chi connectivity index (χ0n) is 14.5. The number of fused-ring (bicyclic) bond motifs is 3. The molecule has 0 saturated carbocycles. The van der Waals surface area contributed by atoms with Gasteiger partial charge in [0.25, 0.3) is 0 Å². The second kappa shape index (κ2) is 6.92. The number of benzene rings is 2. The molecule has 0 atom stereocenters. The molecule has 4 N–H and O–H groups in total. The smallest absolute Gasteiger partial charge is 0.335 e. The summed E-state index contributed by atoms with van der Waals surface area (Å²) in [6.07, 6.45) is 4.33. The normalized spacial score (nSPS) is 11.0. The highest BCUT2D eigenvalue weighted by Crippen LogP contribution is 2.29. The van der Waals surface area contributed by atoms with Gasteiger partial charge in [0.15, 0.2) is 0 Å². The summed E-state index contributed by atoms with van der Waals surface area (Å²) in [5.41, 5.74) is 8.49. The van der Waals surface area contributed by atoms with Gasteiger partial charge in [0.1, 0.15) is 5.82 Å². The maximum atomic E-state index is 11.3. The minimum absolute atomic E-state index is 0.214. The summed E-state index contributed by atoms with van der Waals surface area (Å²) < 4.78 is 0. The van der Waals surface area contributed by atoms with E-state index in [2.05, 4.69) is 15.3 Å². The lowest BCUT2D eigenvalue weighted by molar-refractivity contribution is 0.0697. The van der Waals surface area contributed by atoms with Gasteiger partial charge in [-0.1, -0.05) is 18.2 Å². The van der Waals surface area contributed by atoms with Crippen molar-refractivity contribution < 1.29 is 9.90 Å². The maximum Gasteiger partial charge on any atom is 0.335 e. The van der Waals surface area contributed by atoms with E-state index >= 15 is 0 Å². The number of nitrogens with two attached hydrogens (primary N) is 1. The van der Waals surface area contributed by atoms with E-state index in [1.54, 1.807) is 30.6 Å². The number of hydrogen-bond donors (Lipinski definition) is 3. The molecule has 6 heteroatoms. The SMILES string of the molecule is Nc1ccc(CCNc2nc3cc(C(=O)O)ccc3c3cnccc23)cc1. The summed E-state index contributed by atoms with van der Waals surface area (Å²) in [6, 6.07) is 14.7. The van der Waals surface area contributed by atoms with Gasteiger partial charge in [0.2, 0.25) is 0 Å². The van der Waals surface area contributed by atoms with Gasteiger partial charge in [-0.25, -0.2) is 9.78 Å². The molecule has 0 aliphatic heterocycles. The third-order valence-electron chi connectivity index (χ3n) is 4.53. The van der Waals surface area contributed by atoms with E-state index in [-0.39, 0.29) is 5.56 Å². The van der Waals surface area contributed by atoms with Gasteiger partial charge in [0, 0.05) is 40.8 Å². The van der Waals surface area contributed by atoms with E-state index in [0.717, 1.165) is 34.1 Å². The minimum atomic E-state index is -0.970. The van der Waals surface area contributed by atoms with E-state index in [4.69, 9.17) is 5.73 Å². The monoisotopic (exact) mass is 358 g/mol. The number of rotatable bonds is 5. The number of carboxylic acid groups (broad SMARTS) is 1. The van der Waals surface area contributed by atoms with E-state index in [1.165, 1.54) is 5.56 Å². The van der Waals surface area contributed by atoms with Crippen LogP contribution in [0.2, 0.25) is 0 Å². The van der Waals surface area contributed by atoms with Crippen LogP contribution >= 0.6 is 0 Å². The number of hydrogen-bond acceptors (Lipinski definition) is 5. The first kappa shape index (κ1) is 16.8. The third kappa shape index (κ3) is 3.37. The van der Waals surface area contributed by atoms with Gasteiger partial charge in [-0.15, -0.1) is 0 Å². The predicted molar refractivity (Wildman–Crippen MR) is 107 cm³/mol. The van der Waals surface area contributed by atoms with Crippen LogP contribution in [0.1, 0.15) is 15.9 Å². The Morgan fingerprint density at radius 1 is 1.04 bits per heavy atom. The molecule has 0 saturated heterocycles. The molecule has 2 aromatic carbocycles. The van der Waals surface area contributed by atoms with Crippen LogP contribution in [0.5, 0.6) is 0 Å². The second-order valence-corrected chi connectivity index (χ2v) is 6.34. The van der Waals surface area contributed by atoms with Crippen molar-refractivity contribution in [1.29, 1.82) is 0 Å². The molecular weight excluding hydrogens is 340 g/mol. The lowest BCUT2D eigenvalue weighted by Crippen LogP contribution is -2.07. The largest absolute Gasteiger partial charge is 0.478 e. The summed E-state index contributed by atoms with van der Waals surface area (Å²) in [5.74, 6) is -0.249. The van der Waals surface area contributed by atoms with E-state index < -0.39 is 5.97 Å². The lowest BCUT2D eigenvalue weighted by atomic mass is 10.1. The standard InChI is InChI=1S/C21H18N4O2/c22-15-4-1-13(2-5-15)7-10-24-20-17-8-9-23-12-18(17)16-6-3-14(21(26)27)11-19(16)25-20/h1-6,8-9,11-12H,7,10,22H2,(H,24,25)(H,26,27). The number of aromatic nitrogens is 2. The van der Waals surface area contributed by atoms with Crippen LogP contribution in [0.3, 0.4) is 0 Å². The molecule has 2 aromatic heterocycles. The molecular formula is C21H18N4O2. The van der Waals surface area contributed by atoms with Gasteiger partial charge in [0.05, 0.1) is 11.1 Å². The maximum absolute atomic E-state index is 11.3. The fourth-order valence-electron chi connectivity index (χ4n) is 3.13. The fraction of sp³-hybridized carbons (Fsp3) is 0.0952. The first-order valence-corrected chi connectivity index (χ1v) is 8.61. The van der Waals surface area contributed by atoms with Crippen LogP contribution in [0, 0.1) is 0 Å². The van der Waals surface area contributed by atoms with Crippen LogP contribution in [0.25, 0.3) is 21.7 Å². The molecule has 0 aliphatic rings. The van der Waals surface area contributed by atoms with Crippen molar-refractivity contribution in [3.8, 4) is 0 Å². The molecule has 0 aliphatic carbocycles. The Kier molecular flexibility index (Phi) is 4.30. The van der Waals surface area contributed by atoms with Crippen LogP contribution in [-0.2, 0) is 6.42 Å². The molecule has 2 heterocycles. The molecule has 0 amide bonds. The Morgan fingerprint density at radius 3 is 2.63 bits per heavy atom. The fourth-order valence-corrected chi connectivity index (χ4v) is 3.13. The molecule has 0 unspecified atom stereocenters. The number of nitrogens with zero attached hydrogens (tertiary/aromatic N) is 2. The first-order chi connectivity index (χ1) is 13.1. The van der Waals surface area contributed by atoms with Crippen molar-refractivity contribution in [2.45, 2.75) is 6.42 Å². The summed E-state index contributed by atoms with van der Waals surface area (Å²) in [5, 5.41) is 15.4. The molecule has 0 radical (unpaired) electrons. The van der Waals surface area contributed by atoms with Crippen molar-refractivity contribution in [3.05, 3.63) is 72.1 Å². The summed E-state index contributed by atoms with van der Waals surface area (Å²) in [4.78, 5) is 20.2. The molecule has 6 nitrogen and oxygen atoms in total. The highest BCUT2D eigenvalue weighted by atomic mass is 16.4. The van der Waals surface area contributed by atoms with Gasteiger partial charge in [-0.2, -0.15) is 0 Å². The van der Waals surface area contributed by atoms with Crippen LogP contribution in [-0.4, -0.2) is 27.6 Å². The number of anilines is 2. The van der Waals surface area contributed by atoms with Crippen molar-refractivity contribution >= 4 is 39.1 Å². The Bertz CT molecular complexity index is 1140. The average Bonchev–Trinajstić information content (AvgIpc) is 2.69. The number of pyridine rings is 2. The van der Waals surface area contributed by atoms with E-state index in [9.17, 15) is 9.90 Å². The first-order valence-electron chi connectivity index (χ1n) is 8.61.